The fraction of sp³-hybridized carbons (Fsp3) is 1.00. The first-order chi connectivity index (χ1) is 7.93. The molecular weight excluding hydrogens is 234 g/mol. The molecule has 17 heavy (non-hydrogen) atoms. The van der Waals surface area contributed by atoms with Gasteiger partial charge in [-0.25, -0.2) is 8.42 Å². The Morgan fingerprint density at radius 2 is 1.82 bits per heavy atom. The molecule has 0 aliphatic heterocycles. The number of hydrogen-bond donors (Lipinski definition) is 1. The van der Waals surface area contributed by atoms with Gasteiger partial charge in [-0.2, -0.15) is 0 Å². The van der Waals surface area contributed by atoms with Crippen molar-refractivity contribution < 1.29 is 8.42 Å². The van der Waals surface area contributed by atoms with Gasteiger partial charge < -0.3 is 5.32 Å². The lowest BCUT2D eigenvalue weighted by Crippen LogP contribution is -2.44. The van der Waals surface area contributed by atoms with Crippen LogP contribution in [-0.2, 0) is 9.84 Å². The zero-order chi connectivity index (χ0) is 12.9. The molecule has 0 aromatic rings. The van der Waals surface area contributed by atoms with E-state index in [1.165, 1.54) is 31.9 Å². The summed E-state index contributed by atoms with van der Waals surface area (Å²) >= 11 is 0. The number of nitrogens with one attached hydrogen (secondary N) is 1. The summed E-state index contributed by atoms with van der Waals surface area (Å²) in [6, 6.07) is 0.370. The second-order valence-corrected chi connectivity index (χ2v) is 7.71. The van der Waals surface area contributed by atoms with Crippen molar-refractivity contribution in [1.29, 1.82) is 0 Å². The lowest BCUT2D eigenvalue weighted by Gasteiger charge is -2.37. The first kappa shape index (κ1) is 15.0. The minimum Gasteiger partial charge on any atom is -0.314 e. The van der Waals surface area contributed by atoms with E-state index < -0.39 is 9.84 Å². The number of sulfone groups is 1. The molecule has 0 aromatic heterocycles. The normalized spacial score (nSPS) is 21.6. The molecule has 0 saturated heterocycles. The van der Waals surface area contributed by atoms with Crippen molar-refractivity contribution in [3.05, 3.63) is 0 Å². The molecule has 0 amide bonds. The standard InChI is InChI=1S/C13H27NO2S/c1-4-13(9-6-7-10-13)12(14-5-2)8-11-17(3,15)16/h12,14H,4-11H2,1-3H3. The Hall–Kier alpha value is -0.0900. The minimum absolute atomic E-state index is 0.312. The number of hydrogen-bond acceptors (Lipinski definition) is 3. The molecule has 4 heteroatoms. The van der Waals surface area contributed by atoms with Crippen molar-refractivity contribution >= 4 is 9.84 Å². The van der Waals surface area contributed by atoms with Gasteiger partial charge in [0.1, 0.15) is 9.84 Å². The maximum Gasteiger partial charge on any atom is 0.147 e. The predicted molar refractivity (Wildman–Crippen MR) is 73.0 cm³/mol. The van der Waals surface area contributed by atoms with Crippen molar-refractivity contribution in [2.45, 2.75) is 58.4 Å². The molecule has 1 aliphatic rings. The minimum atomic E-state index is -2.84. The summed E-state index contributed by atoms with van der Waals surface area (Å²) in [6.45, 7) is 5.28. The van der Waals surface area contributed by atoms with E-state index in [0.29, 0.717) is 17.2 Å². The predicted octanol–water partition coefficient (Wildman–Crippen LogP) is 2.37. The maximum absolute atomic E-state index is 11.3. The topological polar surface area (TPSA) is 46.2 Å². The Labute approximate surface area is 106 Å². The largest absolute Gasteiger partial charge is 0.314 e. The van der Waals surface area contributed by atoms with Gasteiger partial charge in [0, 0.05) is 12.3 Å². The van der Waals surface area contributed by atoms with E-state index >= 15 is 0 Å². The molecule has 0 bridgehead atoms. The van der Waals surface area contributed by atoms with Crippen LogP contribution in [0.3, 0.4) is 0 Å². The highest BCUT2D eigenvalue weighted by molar-refractivity contribution is 7.90. The molecule has 1 aliphatic carbocycles. The summed E-state index contributed by atoms with van der Waals surface area (Å²) < 4.78 is 22.6. The third-order valence-electron chi connectivity index (χ3n) is 4.27. The molecule has 1 unspecified atom stereocenters. The molecule has 0 aromatic carbocycles. The van der Waals surface area contributed by atoms with E-state index in [2.05, 4.69) is 19.2 Å². The van der Waals surface area contributed by atoms with Gasteiger partial charge in [-0.3, -0.25) is 0 Å². The maximum atomic E-state index is 11.3. The molecule has 0 spiro atoms. The second kappa shape index (κ2) is 6.19. The van der Waals surface area contributed by atoms with Crippen LogP contribution in [0.1, 0.15) is 52.4 Å². The van der Waals surface area contributed by atoms with E-state index in [0.717, 1.165) is 19.4 Å². The first-order valence-electron chi connectivity index (χ1n) is 6.84. The van der Waals surface area contributed by atoms with E-state index in [1.807, 2.05) is 0 Å². The van der Waals surface area contributed by atoms with Crippen molar-refractivity contribution in [2.24, 2.45) is 5.41 Å². The zero-order valence-corrected chi connectivity index (χ0v) is 12.3. The zero-order valence-electron chi connectivity index (χ0n) is 11.5. The number of rotatable bonds is 7. The molecule has 1 rings (SSSR count). The Morgan fingerprint density at radius 3 is 2.24 bits per heavy atom. The highest BCUT2D eigenvalue weighted by Gasteiger charge is 2.39. The van der Waals surface area contributed by atoms with Gasteiger partial charge in [-0.1, -0.05) is 26.7 Å². The van der Waals surface area contributed by atoms with Crippen LogP contribution in [0.15, 0.2) is 0 Å². The van der Waals surface area contributed by atoms with E-state index in [1.54, 1.807) is 0 Å². The molecule has 1 atom stereocenters. The molecule has 102 valence electrons. The van der Waals surface area contributed by atoms with Gasteiger partial charge in [0.05, 0.1) is 5.75 Å². The summed E-state index contributed by atoms with van der Waals surface area (Å²) in [5.74, 6) is 0.312. The van der Waals surface area contributed by atoms with Crippen molar-refractivity contribution in [3.63, 3.8) is 0 Å². The summed E-state index contributed by atoms with van der Waals surface area (Å²) in [5, 5.41) is 3.52. The van der Waals surface area contributed by atoms with Crippen LogP contribution in [0.5, 0.6) is 0 Å². The first-order valence-corrected chi connectivity index (χ1v) is 8.90. The van der Waals surface area contributed by atoms with Crippen LogP contribution in [-0.4, -0.2) is 33.0 Å². The van der Waals surface area contributed by atoms with Crippen LogP contribution in [0.2, 0.25) is 0 Å². The smallest absolute Gasteiger partial charge is 0.147 e. The monoisotopic (exact) mass is 261 g/mol. The van der Waals surface area contributed by atoms with Crippen LogP contribution < -0.4 is 5.32 Å². The fourth-order valence-corrected chi connectivity index (χ4v) is 3.89. The van der Waals surface area contributed by atoms with Crippen LogP contribution >= 0.6 is 0 Å². The quantitative estimate of drug-likeness (QED) is 0.765. The van der Waals surface area contributed by atoms with E-state index in [-0.39, 0.29) is 0 Å². The van der Waals surface area contributed by atoms with Gasteiger partial charge in [0.25, 0.3) is 0 Å². The average Bonchev–Trinajstić information content (AvgIpc) is 2.72. The summed E-state index contributed by atoms with van der Waals surface area (Å²) in [4.78, 5) is 0. The van der Waals surface area contributed by atoms with Crippen LogP contribution in [0, 0.1) is 5.41 Å². The third kappa shape index (κ3) is 4.25. The Morgan fingerprint density at radius 1 is 1.24 bits per heavy atom. The molecular formula is C13H27NO2S. The van der Waals surface area contributed by atoms with Gasteiger partial charge in [0.2, 0.25) is 0 Å². The fourth-order valence-electron chi connectivity index (χ4n) is 3.23. The Kier molecular flexibility index (Phi) is 5.45. The summed E-state index contributed by atoms with van der Waals surface area (Å²) in [6.07, 6.45) is 8.37. The lowest BCUT2D eigenvalue weighted by molar-refractivity contribution is 0.183. The van der Waals surface area contributed by atoms with E-state index in [9.17, 15) is 8.42 Å². The molecule has 1 fully saturated rings. The van der Waals surface area contributed by atoms with Gasteiger partial charge in [0.15, 0.2) is 0 Å². The third-order valence-corrected chi connectivity index (χ3v) is 5.25. The van der Waals surface area contributed by atoms with Gasteiger partial charge >= 0.3 is 0 Å². The van der Waals surface area contributed by atoms with E-state index in [4.69, 9.17) is 0 Å². The van der Waals surface area contributed by atoms with Crippen molar-refractivity contribution in [1.82, 2.24) is 5.32 Å². The highest BCUT2D eigenvalue weighted by Crippen LogP contribution is 2.44. The lowest BCUT2D eigenvalue weighted by atomic mass is 9.75. The Bertz CT molecular complexity index is 318. The van der Waals surface area contributed by atoms with Crippen LogP contribution in [0.4, 0.5) is 0 Å². The average molecular weight is 261 g/mol. The van der Waals surface area contributed by atoms with Gasteiger partial charge in [-0.05, 0) is 37.6 Å². The van der Waals surface area contributed by atoms with Crippen molar-refractivity contribution in [2.75, 3.05) is 18.6 Å². The molecule has 3 nitrogen and oxygen atoms in total. The second-order valence-electron chi connectivity index (χ2n) is 5.45. The van der Waals surface area contributed by atoms with Gasteiger partial charge in [-0.15, -0.1) is 0 Å². The summed E-state index contributed by atoms with van der Waals surface area (Å²) in [5.41, 5.74) is 0.348. The highest BCUT2D eigenvalue weighted by atomic mass is 32.2. The summed E-state index contributed by atoms with van der Waals surface area (Å²) in [7, 11) is -2.84. The molecule has 0 heterocycles. The molecule has 0 radical (unpaired) electrons. The molecule has 1 saturated carbocycles. The molecule has 1 N–H and O–H groups in total. The Balaban J connectivity index is 2.69. The van der Waals surface area contributed by atoms with Crippen LogP contribution in [0.25, 0.3) is 0 Å². The van der Waals surface area contributed by atoms with Crippen molar-refractivity contribution in [3.8, 4) is 0 Å². The SMILES string of the molecule is CCNC(CCS(C)(=O)=O)C1(CC)CCCC1.